The molecule has 1 aliphatic heterocycles. The normalized spacial score (nSPS) is 18.1. The Bertz CT molecular complexity index is 932. The van der Waals surface area contributed by atoms with Crippen molar-refractivity contribution in [3.63, 3.8) is 0 Å². The van der Waals surface area contributed by atoms with Gasteiger partial charge >= 0.3 is 0 Å². The van der Waals surface area contributed by atoms with Gasteiger partial charge in [-0.2, -0.15) is 0 Å². The quantitative estimate of drug-likeness (QED) is 0.786. The van der Waals surface area contributed by atoms with E-state index in [2.05, 4.69) is 15.3 Å². The van der Waals surface area contributed by atoms with E-state index < -0.39 is 9.84 Å². The molecule has 0 aliphatic carbocycles. The van der Waals surface area contributed by atoms with Gasteiger partial charge in [0, 0.05) is 31.3 Å². The number of nitrogens with zero attached hydrogens (tertiary/aromatic N) is 3. The minimum Gasteiger partial charge on any atom is -0.496 e. The summed E-state index contributed by atoms with van der Waals surface area (Å²) in [5.41, 5.74) is 1.08. The second-order valence-electron chi connectivity index (χ2n) is 6.42. The second-order valence-corrected chi connectivity index (χ2v) is 8.65. The predicted octanol–water partition coefficient (Wildman–Crippen LogP) is 1.04. The van der Waals surface area contributed by atoms with Gasteiger partial charge in [-0.1, -0.05) is 18.2 Å². The number of amides is 1. The molecule has 1 fully saturated rings. The molecule has 1 aromatic carbocycles. The van der Waals surface area contributed by atoms with Gasteiger partial charge in [-0.25, -0.2) is 18.4 Å². The van der Waals surface area contributed by atoms with Gasteiger partial charge in [0.2, 0.25) is 0 Å². The highest BCUT2D eigenvalue weighted by Crippen LogP contribution is 2.21. The Labute approximate surface area is 158 Å². The number of aromatic nitrogens is 2. The molecule has 144 valence electrons. The average Bonchev–Trinajstić information content (AvgIpc) is 3.05. The Kier molecular flexibility index (Phi) is 5.59. The minimum atomic E-state index is -3.00. The molecule has 1 aromatic heterocycles. The molecule has 0 bridgehead atoms. The molecule has 0 spiro atoms. The van der Waals surface area contributed by atoms with Crippen LogP contribution < -0.4 is 15.0 Å². The zero-order valence-corrected chi connectivity index (χ0v) is 16.1. The molecule has 0 saturated carbocycles. The zero-order chi connectivity index (χ0) is 19.4. The van der Waals surface area contributed by atoms with Crippen molar-refractivity contribution in [2.75, 3.05) is 30.6 Å². The van der Waals surface area contributed by atoms with Crippen LogP contribution in [0.2, 0.25) is 0 Å². The van der Waals surface area contributed by atoms with Gasteiger partial charge in [0.15, 0.2) is 9.84 Å². The summed E-state index contributed by atoms with van der Waals surface area (Å²) in [5, 5.41) is 2.82. The SMILES string of the molecule is COc1ccccc1CNC(=O)c1cc(N(C)C2CCS(=O)(=O)C2)ncn1. The van der Waals surface area contributed by atoms with Crippen molar-refractivity contribution < 1.29 is 17.9 Å². The minimum absolute atomic E-state index is 0.100. The van der Waals surface area contributed by atoms with Crippen LogP contribution in [0.25, 0.3) is 0 Å². The highest BCUT2D eigenvalue weighted by atomic mass is 32.2. The molecule has 8 nitrogen and oxygen atoms in total. The van der Waals surface area contributed by atoms with Crippen LogP contribution in [0, 0.1) is 0 Å². The highest BCUT2D eigenvalue weighted by Gasteiger charge is 2.31. The van der Waals surface area contributed by atoms with E-state index in [0.717, 1.165) is 5.56 Å². The van der Waals surface area contributed by atoms with E-state index in [1.54, 1.807) is 25.1 Å². The summed E-state index contributed by atoms with van der Waals surface area (Å²) in [6, 6.07) is 8.86. The largest absolute Gasteiger partial charge is 0.496 e. The van der Waals surface area contributed by atoms with Crippen molar-refractivity contribution >= 4 is 21.6 Å². The van der Waals surface area contributed by atoms with Crippen molar-refractivity contribution in [3.8, 4) is 5.75 Å². The van der Waals surface area contributed by atoms with Crippen molar-refractivity contribution in [2.24, 2.45) is 0 Å². The molecule has 1 aliphatic rings. The number of anilines is 1. The van der Waals surface area contributed by atoms with E-state index in [9.17, 15) is 13.2 Å². The Balaban J connectivity index is 1.68. The molecular formula is C18H22N4O4S. The number of carbonyl (C=O) groups excluding carboxylic acids is 1. The smallest absolute Gasteiger partial charge is 0.270 e. The predicted molar refractivity (Wildman–Crippen MR) is 102 cm³/mol. The third kappa shape index (κ3) is 4.54. The summed E-state index contributed by atoms with van der Waals surface area (Å²) in [5.74, 6) is 1.16. The Morgan fingerprint density at radius 1 is 1.33 bits per heavy atom. The summed E-state index contributed by atoms with van der Waals surface area (Å²) < 4.78 is 28.7. The first-order valence-corrected chi connectivity index (χ1v) is 10.4. The lowest BCUT2D eigenvalue weighted by atomic mass is 10.2. The van der Waals surface area contributed by atoms with E-state index in [1.807, 2.05) is 24.3 Å². The van der Waals surface area contributed by atoms with E-state index in [4.69, 9.17) is 4.74 Å². The fourth-order valence-electron chi connectivity index (χ4n) is 3.05. The number of carbonyl (C=O) groups is 1. The van der Waals surface area contributed by atoms with E-state index >= 15 is 0 Å². The first-order valence-electron chi connectivity index (χ1n) is 8.55. The number of hydrogen-bond donors (Lipinski definition) is 1. The molecule has 1 atom stereocenters. The molecule has 0 radical (unpaired) electrons. The van der Waals surface area contributed by atoms with Gasteiger partial charge in [-0.3, -0.25) is 4.79 Å². The topological polar surface area (TPSA) is 101 Å². The van der Waals surface area contributed by atoms with Crippen LogP contribution in [-0.2, 0) is 16.4 Å². The first kappa shape index (κ1) is 19.1. The lowest BCUT2D eigenvalue weighted by Crippen LogP contribution is -2.33. The van der Waals surface area contributed by atoms with Gasteiger partial charge < -0.3 is 15.0 Å². The molecule has 1 unspecified atom stereocenters. The second kappa shape index (κ2) is 7.91. The Hall–Kier alpha value is -2.68. The fourth-order valence-corrected chi connectivity index (χ4v) is 4.82. The fraction of sp³-hybridized carbons (Fsp3) is 0.389. The molecule has 1 N–H and O–H groups in total. The van der Waals surface area contributed by atoms with E-state index in [1.165, 1.54) is 6.33 Å². The summed E-state index contributed by atoms with van der Waals surface area (Å²) in [6.07, 6.45) is 1.87. The molecule has 2 heterocycles. The maximum Gasteiger partial charge on any atom is 0.270 e. The van der Waals surface area contributed by atoms with Crippen molar-refractivity contribution in [2.45, 2.75) is 19.0 Å². The van der Waals surface area contributed by atoms with Gasteiger partial charge in [-0.15, -0.1) is 0 Å². The number of nitrogens with one attached hydrogen (secondary N) is 1. The van der Waals surface area contributed by atoms with Gasteiger partial charge in [0.25, 0.3) is 5.91 Å². The summed E-state index contributed by atoms with van der Waals surface area (Å²) in [7, 11) is 0.365. The number of ether oxygens (including phenoxy) is 1. The molecule has 1 amide bonds. The monoisotopic (exact) mass is 390 g/mol. The Morgan fingerprint density at radius 2 is 2.11 bits per heavy atom. The van der Waals surface area contributed by atoms with Crippen molar-refractivity contribution in [1.82, 2.24) is 15.3 Å². The number of rotatable bonds is 6. The number of benzene rings is 1. The van der Waals surface area contributed by atoms with Crippen LogP contribution in [0.1, 0.15) is 22.5 Å². The number of para-hydroxylation sites is 1. The van der Waals surface area contributed by atoms with Crippen molar-refractivity contribution in [3.05, 3.63) is 47.9 Å². The maximum atomic E-state index is 12.5. The lowest BCUT2D eigenvalue weighted by Gasteiger charge is -2.24. The molecule has 3 rings (SSSR count). The van der Waals surface area contributed by atoms with Crippen LogP contribution in [0.3, 0.4) is 0 Å². The molecule has 27 heavy (non-hydrogen) atoms. The molecule has 9 heteroatoms. The van der Waals surface area contributed by atoms with Gasteiger partial charge in [-0.05, 0) is 12.5 Å². The zero-order valence-electron chi connectivity index (χ0n) is 15.3. The van der Waals surface area contributed by atoms with Gasteiger partial charge in [0.05, 0.1) is 18.6 Å². The van der Waals surface area contributed by atoms with Gasteiger partial charge in [0.1, 0.15) is 23.6 Å². The average molecular weight is 390 g/mol. The Morgan fingerprint density at radius 3 is 2.81 bits per heavy atom. The highest BCUT2D eigenvalue weighted by molar-refractivity contribution is 7.91. The maximum absolute atomic E-state index is 12.5. The summed E-state index contributed by atoms with van der Waals surface area (Å²) in [6.45, 7) is 0.304. The summed E-state index contributed by atoms with van der Waals surface area (Å²) >= 11 is 0. The third-order valence-electron chi connectivity index (χ3n) is 4.63. The molecule has 1 saturated heterocycles. The molecular weight excluding hydrogens is 368 g/mol. The van der Waals surface area contributed by atoms with E-state index in [0.29, 0.717) is 24.5 Å². The standard InChI is InChI=1S/C18H22N4O4S/c1-22(14-7-8-27(24,25)11-14)17-9-15(20-12-21-17)18(23)19-10-13-5-3-4-6-16(13)26-2/h3-6,9,12,14H,7-8,10-11H2,1-2H3,(H,19,23). The number of sulfone groups is 1. The van der Waals surface area contributed by atoms with E-state index in [-0.39, 0.29) is 29.1 Å². The third-order valence-corrected chi connectivity index (χ3v) is 6.39. The number of methoxy groups -OCH3 is 1. The van der Waals surface area contributed by atoms with Crippen molar-refractivity contribution in [1.29, 1.82) is 0 Å². The van der Waals surface area contributed by atoms with Crippen LogP contribution in [0.5, 0.6) is 5.75 Å². The first-order chi connectivity index (χ1) is 12.9. The van der Waals surface area contributed by atoms with Crippen LogP contribution in [0.15, 0.2) is 36.7 Å². The van der Waals surface area contributed by atoms with Crippen LogP contribution >= 0.6 is 0 Å². The summed E-state index contributed by atoms with van der Waals surface area (Å²) in [4.78, 5) is 22.5. The van der Waals surface area contributed by atoms with Crippen LogP contribution in [-0.4, -0.2) is 56.0 Å². The molecule has 2 aromatic rings. The number of hydrogen-bond acceptors (Lipinski definition) is 7. The lowest BCUT2D eigenvalue weighted by molar-refractivity contribution is 0.0945. The van der Waals surface area contributed by atoms with Crippen LogP contribution in [0.4, 0.5) is 5.82 Å².